The molecule has 0 spiro atoms. The van der Waals surface area contributed by atoms with Crippen molar-refractivity contribution in [3.63, 3.8) is 0 Å². The zero-order valence-corrected chi connectivity index (χ0v) is 13.0. The first kappa shape index (κ1) is 15.4. The van der Waals surface area contributed by atoms with Crippen molar-refractivity contribution >= 4 is 17.2 Å². The summed E-state index contributed by atoms with van der Waals surface area (Å²) in [6.07, 6.45) is 8.11. The maximum absolute atomic E-state index is 12.0. The summed E-state index contributed by atoms with van der Waals surface area (Å²) in [5.74, 6) is 0. The molecule has 3 heteroatoms. The summed E-state index contributed by atoms with van der Waals surface area (Å²) >= 11 is -3.84. The van der Waals surface area contributed by atoms with E-state index in [4.69, 9.17) is 0 Å². The molecule has 0 aliphatic carbocycles. The molecule has 0 radical (unpaired) electrons. The Bertz CT molecular complexity index is 409. The summed E-state index contributed by atoms with van der Waals surface area (Å²) < 4.78 is 24.6. The number of benzene rings is 1. The molecule has 0 saturated heterocycles. The number of hydrogen-bond acceptors (Lipinski definition) is 2. The monoisotopic (exact) mass is 316 g/mol. The van der Waals surface area contributed by atoms with E-state index in [-0.39, 0.29) is 0 Å². The average molecular weight is 315 g/mol. The molecule has 0 fully saturated rings. The molecule has 0 bridgehead atoms. The van der Waals surface area contributed by atoms with Crippen molar-refractivity contribution in [1.82, 2.24) is 0 Å². The zero-order valence-electron chi connectivity index (χ0n) is 11.3. The van der Waals surface area contributed by atoms with Gasteiger partial charge in [0.1, 0.15) is 0 Å². The Labute approximate surface area is 112 Å². The first-order valence-corrected chi connectivity index (χ1v) is 10.4. The molecule has 0 aliphatic rings. The fourth-order valence-electron chi connectivity index (χ4n) is 1.99. The van der Waals surface area contributed by atoms with Crippen molar-refractivity contribution in [3.8, 4) is 0 Å². The van der Waals surface area contributed by atoms with Gasteiger partial charge in [-0.25, -0.2) is 0 Å². The molecule has 1 aromatic rings. The van der Waals surface area contributed by atoms with E-state index < -0.39 is 12.7 Å². The van der Waals surface area contributed by atoms with Crippen molar-refractivity contribution in [1.29, 1.82) is 0 Å². The van der Waals surface area contributed by atoms with E-state index in [0.29, 0.717) is 9.78 Å². The topological polar surface area (TPSA) is 34.1 Å². The quantitative estimate of drug-likeness (QED) is 0.511. The molecular weight excluding hydrogens is 291 g/mol. The Balaban J connectivity index is 2.23. The third kappa shape index (κ3) is 5.79. The van der Waals surface area contributed by atoms with Gasteiger partial charge in [0.25, 0.3) is 0 Å². The summed E-state index contributed by atoms with van der Waals surface area (Å²) in [4.78, 5) is 0. The van der Waals surface area contributed by atoms with Crippen molar-refractivity contribution < 1.29 is 7.67 Å². The van der Waals surface area contributed by atoms with Gasteiger partial charge in [-0.15, -0.1) is 0 Å². The number of rotatable bonds is 9. The summed E-state index contributed by atoms with van der Waals surface area (Å²) in [6, 6.07) is 8.86. The molecule has 0 amide bonds. The molecule has 1 rings (SSSR count). The first-order chi connectivity index (χ1) is 8.67. The van der Waals surface area contributed by atoms with Crippen molar-refractivity contribution in [2.24, 2.45) is 0 Å². The maximum atomic E-state index is 12.0. The van der Waals surface area contributed by atoms with Crippen LogP contribution in [-0.2, 0) is 7.67 Å². The minimum absolute atomic E-state index is 0.355. The van der Waals surface area contributed by atoms with Crippen LogP contribution in [0.2, 0.25) is 5.32 Å². The fourth-order valence-corrected chi connectivity index (χ4v) is 4.91. The van der Waals surface area contributed by atoms with E-state index in [9.17, 15) is 7.67 Å². The first-order valence-electron chi connectivity index (χ1n) is 6.94. The van der Waals surface area contributed by atoms with Crippen LogP contribution in [0.4, 0.5) is 0 Å². The van der Waals surface area contributed by atoms with Crippen LogP contribution >= 0.6 is 0 Å². The molecule has 0 atom stereocenters. The number of hydrogen-bond donors (Lipinski definition) is 0. The summed E-state index contributed by atoms with van der Waals surface area (Å²) in [5.41, 5.74) is 0. The molecule has 102 valence electrons. The summed E-state index contributed by atoms with van der Waals surface area (Å²) in [6.45, 7) is 2.20. The molecule has 1 aromatic carbocycles. The van der Waals surface area contributed by atoms with Gasteiger partial charge in [-0.2, -0.15) is 0 Å². The van der Waals surface area contributed by atoms with E-state index in [1.807, 2.05) is 6.07 Å². The second-order valence-corrected chi connectivity index (χ2v) is 9.18. The van der Waals surface area contributed by atoms with Gasteiger partial charge in [-0.3, -0.25) is 0 Å². The Kier molecular flexibility index (Phi) is 7.22. The molecule has 2 nitrogen and oxygen atoms in total. The van der Waals surface area contributed by atoms with Gasteiger partial charge in [-0.05, 0) is 0 Å². The van der Waals surface area contributed by atoms with Gasteiger partial charge < -0.3 is 0 Å². The molecule has 18 heavy (non-hydrogen) atoms. The Morgan fingerprint density at radius 2 is 1.39 bits per heavy atom. The van der Waals surface area contributed by atoms with Crippen LogP contribution in [0.25, 0.3) is 0 Å². The van der Waals surface area contributed by atoms with Gasteiger partial charge >= 0.3 is 112 Å². The van der Waals surface area contributed by atoms with Gasteiger partial charge in [0, 0.05) is 0 Å². The zero-order chi connectivity index (χ0) is 13.3. The van der Waals surface area contributed by atoms with E-state index in [2.05, 4.69) is 6.92 Å². The minimum atomic E-state index is -3.84. The van der Waals surface area contributed by atoms with Crippen LogP contribution in [0.1, 0.15) is 51.9 Å². The third-order valence-corrected chi connectivity index (χ3v) is 6.93. The van der Waals surface area contributed by atoms with E-state index >= 15 is 0 Å². The molecule has 0 unspecified atom stereocenters. The molecule has 0 aliphatic heterocycles. The van der Waals surface area contributed by atoms with Gasteiger partial charge in [0.2, 0.25) is 0 Å². The average Bonchev–Trinajstić information content (AvgIpc) is 2.39. The normalized spacial score (nSPS) is 11.6. The van der Waals surface area contributed by atoms with Gasteiger partial charge in [-0.1, -0.05) is 0 Å². The van der Waals surface area contributed by atoms with E-state index in [1.54, 1.807) is 24.3 Å². The number of unbranched alkanes of at least 4 members (excludes halogenated alkanes) is 6. The van der Waals surface area contributed by atoms with E-state index in [1.165, 1.54) is 32.1 Å². The predicted octanol–water partition coefficient (Wildman–Crippen LogP) is 3.95. The van der Waals surface area contributed by atoms with Crippen LogP contribution < -0.4 is 4.46 Å². The van der Waals surface area contributed by atoms with Crippen LogP contribution in [-0.4, -0.2) is 12.7 Å². The predicted molar refractivity (Wildman–Crippen MR) is 76.0 cm³/mol. The summed E-state index contributed by atoms with van der Waals surface area (Å²) in [5, 5.41) is 0.355. The SMILES string of the molecule is CCCCCCCCC[Se](=O)(=O)c1ccccc1. The molecule has 0 N–H and O–H groups in total. The molecular formula is C15H24O2Se. The van der Waals surface area contributed by atoms with Crippen LogP contribution in [0, 0.1) is 0 Å². The Morgan fingerprint density at radius 1 is 0.833 bits per heavy atom. The standard InChI is InChI=1S/C15H24O2Se/c1-2-3-4-5-6-7-11-14-18(16,17)15-12-9-8-10-13-15/h8-10,12-13H,2-7,11,14H2,1H3. The second kappa shape index (κ2) is 8.44. The summed E-state index contributed by atoms with van der Waals surface area (Å²) in [7, 11) is 0. The van der Waals surface area contributed by atoms with Gasteiger partial charge in [0.05, 0.1) is 0 Å². The van der Waals surface area contributed by atoms with Crippen LogP contribution in [0.5, 0.6) is 0 Å². The Morgan fingerprint density at radius 3 is 2.00 bits per heavy atom. The Hall–Kier alpha value is -0.661. The van der Waals surface area contributed by atoms with Crippen LogP contribution in [0.3, 0.4) is 0 Å². The van der Waals surface area contributed by atoms with Crippen molar-refractivity contribution in [2.75, 3.05) is 0 Å². The van der Waals surface area contributed by atoms with E-state index in [0.717, 1.165) is 12.8 Å². The third-order valence-electron chi connectivity index (χ3n) is 3.12. The van der Waals surface area contributed by atoms with Crippen LogP contribution in [0.15, 0.2) is 30.3 Å². The van der Waals surface area contributed by atoms with Gasteiger partial charge in [0.15, 0.2) is 0 Å². The van der Waals surface area contributed by atoms with Crippen molar-refractivity contribution in [3.05, 3.63) is 30.3 Å². The second-order valence-electron chi connectivity index (χ2n) is 4.75. The molecule has 0 aromatic heterocycles. The fraction of sp³-hybridized carbons (Fsp3) is 0.600. The van der Waals surface area contributed by atoms with Crippen molar-refractivity contribution in [2.45, 2.75) is 57.2 Å². The molecule has 0 saturated carbocycles. The molecule has 0 heterocycles.